The number of rotatable bonds is 5. The van der Waals surface area contributed by atoms with Crippen molar-refractivity contribution in [2.75, 3.05) is 17.3 Å². The summed E-state index contributed by atoms with van der Waals surface area (Å²) in [5, 5.41) is 0. The molecule has 0 radical (unpaired) electrons. The van der Waals surface area contributed by atoms with Crippen LogP contribution < -0.4 is 4.90 Å². The van der Waals surface area contributed by atoms with E-state index in [2.05, 4.69) is 0 Å². The normalized spacial score (nSPS) is 18.3. The maximum atomic E-state index is 12.7. The van der Waals surface area contributed by atoms with Gasteiger partial charge in [-0.15, -0.1) is 11.6 Å². The predicted molar refractivity (Wildman–Crippen MR) is 98.0 cm³/mol. The number of carbonyl (C=O) groups excluding carboxylic acids is 2. The van der Waals surface area contributed by atoms with Crippen LogP contribution in [-0.2, 0) is 11.2 Å². The molecule has 1 aliphatic heterocycles. The van der Waals surface area contributed by atoms with Crippen LogP contribution in [0.4, 0.5) is 5.69 Å². The van der Waals surface area contributed by atoms with E-state index < -0.39 is 0 Å². The highest BCUT2D eigenvalue weighted by Crippen LogP contribution is 2.31. The second-order valence-corrected chi connectivity index (χ2v) is 7.36. The summed E-state index contributed by atoms with van der Waals surface area (Å²) in [6.45, 7) is 0.791. The van der Waals surface area contributed by atoms with Crippen LogP contribution in [-0.4, -0.2) is 24.1 Å². The van der Waals surface area contributed by atoms with Crippen LogP contribution in [0.25, 0.3) is 0 Å². The molecule has 0 saturated heterocycles. The van der Waals surface area contributed by atoms with Gasteiger partial charge in [0.05, 0.1) is 5.88 Å². The molecule has 3 nitrogen and oxygen atoms in total. The van der Waals surface area contributed by atoms with Crippen molar-refractivity contribution >= 4 is 29.0 Å². The molecule has 0 aromatic heterocycles. The van der Waals surface area contributed by atoms with Crippen LogP contribution in [0, 0.1) is 5.92 Å². The van der Waals surface area contributed by atoms with Gasteiger partial charge in [-0.2, -0.15) is 0 Å². The first-order valence-electron chi connectivity index (χ1n) is 9.21. The first-order valence-corrected chi connectivity index (χ1v) is 9.75. The van der Waals surface area contributed by atoms with E-state index in [1.165, 1.54) is 32.1 Å². The lowest BCUT2D eigenvalue weighted by Crippen LogP contribution is -2.35. The number of ketones is 1. The standard InChI is InChI=1S/C20H26ClNO2/c21-14-19(23)17-9-10-18-16(13-17)7-4-12-22(18)20(24)11-8-15-5-2-1-3-6-15/h9-10,13,15H,1-8,11-12,14H2. The summed E-state index contributed by atoms with van der Waals surface area (Å²) in [6, 6.07) is 5.64. The van der Waals surface area contributed by atoms with Crippen molar-refractivity contribution in [3.05, 3.63) is 29.3 Å². The highest BCUT2D eigenvalue weighted by atomic mass is 35.5. The molecule has 24 heavy (non-hydrogen) atoms. The van der Waals surface area contributed by atoms with Gasteiger partial charge in [0.2, 0.25) is 5.91 Å². The Hall–Kier alpha value is -1.35. The molecule has 130 valence electrons. The molecule has 1 fully saturated rings. The monoisotopic (exact) mass is 347 g/mol. The van der Waals surface area contributed by atoms with E-state index in [-0.39, 0.29) is 17.6 Å². The summed E-state index contributed by atoms with van der Waals surface area (Å²) in [7, 11) is 0. The molecular formula is C20H26ClNO2. The number of carbonyl (C=O) groups is 2. The Labute approximate surface area is 149 Å². The average Bonchev–Trinajstić information content (AvgIpc) is 2.65. The Bertz CT molecular complexity index is 608. The fourth-order valence-electron chi connectivity index (χ4n) is 4.05. The van der Waals surface area contributed by atoms with Crippen molar-refractivity contribution in [2.24, 2.45) is 5.92 Å². The predicted octanol–water partition coefficient (Wildman–Crippen LogP) is 4.75. The number of aryl methyl sites for hydroxylation is 1. The summed E-state index contributed by atoms with van der Waals surface area (Å²) >= 11 is 5.65. The Kier molecular flexibility index (Phi) is 5.94. The lowest BCUT2D eigenvalue weighted by molar-refractivity contribution is -0.119. The maximum Gasteiger partial charge on any atom is 0.226 e. The molecule has 2 aliphatic rings. The molecule has 1 amide bonds. The van der Waals surface area contributed by atoms with Gasteiger partial charge < -0.3 is 4.90 Å². The van der Waals surface area contributed by atoms with Crippen molar-refractivity contribution < 1.29 is 9.59 Å². The van der Waals surface area contributed by atoms with E-state index in [0.29, 0.717) is 12.0 Å². The van der Waals surface area contributed by atoms with E-state index in [0.717, 1.165) is 43.0 Å². The van der Waals surface area contributed by atoms with E-state index in [1.54, 1.807) is 6.07 Å². The van der Waals surface area contributed by atoms with Gasteiger partial charge in [-0.05, 0) is 48.9 Å². The molecule has 1 aromatic rings. The van der Waals surface area contributed by atoms with Crippen molar-refractivity contribution in [1.82, 2.24) is 0 Å². The molecule has 1 aliphatic carbocycles. The number of anilines is 1. The van der Waals surface area contributed by atoms with Gasteiger partial charge in [0.25, 0.3) is 0 Å². The van der Waals surface area contributed by atoms with E-state index >= 15 is 0 Å². The Morgan fingerprint density at radius 2 is 1.92 bits per heavy atom. The molecule has 1 aromatic carbocycles. The fourth-order valence-corrected chi connectivity index (χ4v) is 4.20. The van der Waals surface area contributed by atoms with Gasteiger partial charge in [-0.25, -0.2) is 0 Å². The number of alkyl halides is 1. The lowest BCUT2D eigenvalue weighted by atomic mass is 9.86. The summed E-state index contributed by atoms with van der Waals surface area (Å²) in [4.78, 5) is 26.4. The Balaban J connectivity index is 1.67. The molecule has 0 unspecified atom stereocenters. The zero-order valence-electron chi connectivity index (χ0n) is 14.2. The molecule has 3 rings (SSSR count). The number of halogens is 1. The number of hydrogen-bond acceptors (Lipinski definition) is 2. The number of hydrogen-bond donors (Lipinski definition) is 0. The van der Waals surface area contributed by atoms with Crippen LogP contribution in [0.5, 0.6) is 0 Å². The molecule has 4 heteroatoms. The van der Waals surface area contributed by atoms with Crippen molar-refractivity contribution in [3.63, 3.8) is 0 Å². The summed E-state index contributed by atoms with van der Waals surface area (Å²) < 4.78 is 0. The number of Topliss-reactive ketones (excluding diaryl/α,β-unsaturated/α-hetero) is 1. The molecule has 1 saturated carbocycles. The largest absolute Gasteiger partial charge is 0.312 e. The maximum absolute atomic E-state index is 12.7. The number of fused-ring (bicyclic) bond motifs is 1. The first kappa shape index (κ1) is 17.5. The third-order valence-corrected chi connectivity index (χ3v) is 5.68. The molecule has 0 N–H and O–H groups in total. The second kappa shape index (κ2) is 8.15. The molecule has 1 heterocycles. The van der Waals surface area contributed by atoms with Crippen LogP contribution >= 0.6 is 11.6 Å². The SMILES string of the molecule is O=C(CCl)c1ccc2c(c1)CCCN2C(=O)CCC1CCCCC1. The summed E-state index contributed by atoms with van der Waals surface area (Å²) in [6.07, 6.45) is 10.1. The quantitative estimate of drug-likeness (QED) is 0.569. The summed E-state index contributed by atoms with van der Waals surface area (Å²) in [5.74, 6) is 0.914. The minimum atomic E-state index is -0.0554. The molecule has 0 spiro atoms. The first-order chi connectivity index (χ1) is 11.7. The second-order valence-electron chi connectivity index (χ2n) is 7.09. The van der Waals surface area contributed by atoms with Crippen LogP contribution in [0.1, 0.15) is 67.3 Å². The number of amides is 1. The third kappa shape index (κ3) is 4.00. The number of nitrogens with zero attached hydrogens (tertiary/aromatic N) is 1. The molecular weight excluding hydrogens is 322 g/mol. The fraction of sp³-hybridized carbons (Fsp3) is 0.600. The van der Waals surface area contributed by atoms with E-state index in [1.807, 2.05) is 17.0 Å². The van der Waals surface area contributed by atoms with Crippen molar-refractivity contribution in [1.29, 1.82) is 0 Å². The lowest BCUT2D eigenvalue weighted by Gasteiger charge is -2.30. The van der Waals surface area contributed by atoms with Crippen LogP contribution in [0.15, 0.2) is 18.2 Å². The highest BCUT2D eigenvalue weighted by molar-refractivity contribution is 6.30. The van der Waals surface area contributed by atoms with Gasteiger partial charge >= 0.3 is 0 Å². The van der Waals surface area contributed by atoms with Gasteiger partial charge in [-0.3, -0.25) is 9.59 Å². The van der Waals surface area contributed by atoms with Crippen molar-refractivity contribution in [2.45, 2.75) is 57.8 Å². The Morgan fingerprint density at radius 1 is 1.12 bits per heavy atom. The van der Waals surface area contributed by atoms with Crippen LogP contribution in [0.3, 0.4) is 0 Å². The number of benzene rings is 1. The third-order valence-electron chi connectivity index (χ3n) is 5.43. The van der Waals surface area contributed by atoms with Crippen molar-refractivity contribution in [3.8, 4) is 0 Å². The van der Waals surface area contributed by atoms with E-state index in [9.17, 15) is 9.59 Å². The minimum Gasteiger partial charge on any atom is -0.312 e. The zero-order valence-corrected chi connectivity index (χ0v) is 15.0. The minimum absolute atomic E-state index is 0.00280. The van der Waals surface area contributed by atoms with Crippen LogP contribution in [0.2, 0.25) is 0 Å². The van der Waals surface area contributed by atoms with E-state index in [4.69, 9.17) is 11.6 Å². The van der Waals surface area contributed by atoms with Gasteiger partial charge in [0.1, 0.15) is 0 Å². The van der Waals surface area contributed by atoms with Gasteiger partial charge in [0, 0.05) is 24.2 Å². The molecule has 0 bridgehead atoms. The Morgan fingerprint density at radius 3 is 2.67 bits per heavy atom. The highest BCUT2D eigenvalue weighted by Gasteiger charge is 2.24. The summed E-state index contributed by atoms with van der Waals surface area (Å²) in [5.41, 5.74) is 2.74. The smallest absolute Gasteiger partial charge is 0.226 e. The zero-order chi connectivity index (χ0) is 16.9. The van der Waals surface area contributed by atoms with Gasteiger partial charge in [0.15, 0.2) is 5.78 Å². The average molecular weight is 348 g/mol. The molecule has 0 atom stereocenters. The van der Waals surface area contributed by atoms with Gasteiger partial charge in [-0.1, -0.05) is 32.1 Å². The topological polar surface area (TPSA) is 37.4 Å².